The molecule has 0 radical (unpaired) electrons. The van der Waals surface area contributed by atoms with E-state index in [9.17, 15) is 14.7 Å². The molecule has 2 rings (SSSR count). The smallest absolute Gasteiger partial charge is 0.407 e. The van der Waals surface area contributed by atoms with Gasteiger partial charge in [0, 0.05) is 25.7 Å². The zero-order valence-electron chi connectivity index (χ0n) is 18.8. The average Bonchev–Trinajstić information content (AvgIpc) is 2.72. The van der Waals surface area contributed by atoms with Crippen LogP contribution in [0.3, 0.4) is 0 Å². The number of hydrogen-bond acceptors (Lipinski definition) is 6. The maximum absolute atomic E-state index is 12.0. The average molecular weight is 437 g/mol. The number of nitrogens with zero attached hydrogens (tertiary/aromatic N) is 1. The molecule has 2 N–H and O–H groups in total. The van der Waals surface area contributed by atoms with Crippen LogP contribution in [0.25, 0.3) is 0 Å². The van der Waals surface area contributed by atoms with Gasteiger partial charge in [0.25, 0.3) is 0 Å². The second kappa shape index (κ2) is 12.6. The van der Waals surface area contributed by atoms with Gasteiger partial charge >= 0.3 is 12.1 Å². The molecule has 1 aromatic rings. The van der Waals surface area contributed by atoms with Gasteiger partial charge in [0.05, 0.1) is 19.8 Å². The third-order valence-electron chi connectivity index (χ3n) is 5.20. The number of carboxylic acid groups (broad SMARTS) is 1. The lowest BCUT2D eigenvalue weighted by atomic mass is 9.89. The van der Waals surface area contributed by atoms with Gasteiger partial charge in [0.15, 0.2) is 6.10 Å². The van der Waals surface area contributed by atoms with Gasteiger partial charge < -0.3 is 29.5 Å². The highest BCUT2D eigenvalue weighted by Gasteiger charge is 2.31. The van der Waals surface area contributed by atoms with Gasteiger partial charge in [0.1, 0.15) is 6.61 Å². The lowest BCUT2D eigenvalue weighted by molar-refractivity contribution is -0.159. The minimum atomic E-state index is -0.951. The number of alkyl carbamates (subject to hydrolysis) is 1. The molecule has 0 bridgehead atoms. The first-order chi connectivity index (χ1) is 14.8. The molecule has 0 saturated carbocycles. The summed E-state index contributed by atoms with van der Waals surface area (Å²) in [6.07, 6.45) is 0.521. The van der Waals surface area contributed by atoms with Crippen molar-refractivity contribution in [2.45, 2.75) is 52.4 Å². The van der Waals surface area contributed by atoms with Crippen LogP contribution in [0.4, 0.5) is 4.79 Å². The Kier molecular flexibility index (Phi) is 10.2. The summed E-state index contributed by atoms with van der Waals surface area (Å²) in [5.74, 6) is -0.951. The maximum Gasteiger partial charge on any atom is 0.407 e. The lowest BCUT2D eigenvalue weighted by Crippen LogP contribution is -2.45. The van der Waals surface area contributed by atoms with Crippen molar-refractivity contribution in [1.29, 1.82) is 0 Å². The van der Waals surface area contributed by atoms with Gasteiger partial charge in [-0.25, -0.2) is 9.59 Å². The highest BCUT2D eigenvalue weighted by molar-refractivity contribution is 5.73. The molecule has 1 aliphatic heterocycles. The predicted molar refractivity (Wildman–Crippen MR) is 117 cm³/mol. The highest BCUT2D eigenvalue weighted by Crippen LogP contribution is 2.22. The first kappa shape index (κ1) is 25.1. The van der Waals surface area contributed by atoms with E-state index in [1.165, 1.54) is 0 Å². The Hall–Kier alpha value is -2.16. The van der Waals surface area contributed by atoms with Crippen LogP contribution in [-0.4, -0.2) is 73.7 Å². The number of rotatable bonds is 11. The zero-order valence-corrected chi connectivity index (χ0v) is 18.8. The highest BCUT2D eigenvalue weighted by atomic mass is 16.6. The standard InChI is InChI=1S/C23H36N2O6/c1-23(2,3)20(21(26)27)30-16-15-29-14-13-25-11-9-19(10-12-25)24-22(28)31-17-18-7-5-4-6-8-18/h4-8,19-20H,9-17H2,1-3H3,(H,24,28)(H,26,27). The zero-order chi connectivity index (χ0) is 22.7. The minimum Gasteiger partial charge on any atom is -0.479 e. The van der Waals surface area contributed by atoms with Crippen LogP contribution in [0.2, 0.25) is 0 Å². The molecular weight excluding hydrogens is 400 g/mol. The second-order valence-corrected chi connectivity index (χ2v) is 8.89. The number of nitrogens with one attached hydrogen (secondary N) is 1. The summed E-state index contributed by atoms with van der Waals surface area (Å²) in [6.45, 7) is 9.55. The van der Waals surface area contributed by atoms with Crippen LogP contribution in [0, 0.1) is 5.41 Å². The summed E-state index contributed by atoms with van der Waals surface area (Å²) in [6, 6.07) is 9.74. The van der Waals surface area contributed by atoms with Crippen LogP contribution in [0.1, 0.15) is 39.2 Å². The summed E-state index contributed by atoms with van der Waals surface area (Å²) >= 11 is 0. The van der Waals surface area contributed by atoms with Crippen molar-refractivity contribution >= 4 is 12.1 Å². The van der Waals surface area contributed by atoms with E-state index in [2.05, 4.69) is 10.2 Å². The quantitative estimate of drug-likeness (QED) is 0.515. The molecule has 8 heteroatoms. The molecule has 0 aromatic heterocycles. The van der Waals surface area contributed by atoms with Crippen molar-refractivity contribution in [3.8, 4) is 0 Å². The lowest BCUT2D eigenvalue weighted by Gasteiger charge is -2.32. The van der Waals surface area contributed by atoms with Gasteiger partial charge in [0.2, 0.25) is 0 Å². The maximum atomic E-state index is 12.0. The molecule has 1 amide bonds. The summed E-state index contributed by atoms with van der Waals surface area (Å²) in [5, 5.41) is 12.2. The van der Waals surface area contributed by atoms with E-state index >= 15 is 0 Å². The summed E-state index contributed by atoms with van der Waals surface area (Å²) in [4.78, 5) is 25.5. The Morgan fingerprint density at radius 1 is 1.13 bits per heavy atom. The van der Waals surface area contributed by atoms with E-state index in [1.807, 2.05) is 51.1 Å². The summed E-state index contributed by atoms with van der Waals surface area (Å²) in [5.41, 5.74) is 0.507. The fourth-order valence-electron chi connectivity index (χ4n) is 3.44. The summed E-state index contributed by atoms with van der Waals surface area (Å²) in [7, 11) is 0. The molecule has 8 nitrogen and oxygen atoms in total. The molecule has 1 aromatic carbocycles. The van der Waals surface area contributed by atoms with Crippen molar-refractivity contribution in [2.75, 3.05) is 39.5 Å². The molecule has 1 fully saturated rings. The van der Waals surface area contributed by atoms with Crippen LogP contribution in [-0.2, 0) is 25.6 Å². The van der Waals surface area contributed by atoms with Crippen molar-refractivity contribution in [1.82, 2.24) is 10.2 Å². The molecule has 174 valence electrons. The number of amides is 1. The second-order valence-electron chi connectivity index (χ2n) is 8.89. The number of likely N-dealkylation sites (tertiary alicyclic amines) is 1. The molecule has 31 heavy (non-hydrogen) atoms. The van der Waals surface area contributed by atoms with E-state index in [0.29, 0.717) is 13.2 Å². The molecule has 1 atom stereocenters. The molecule has 0 aliphatic carbocycles. The molecule has 1 saturated heterocycles. The van der Waals surface area contributed by atoms with Gasteiger partial charge in [-0.3, -0.25) is 0 Å². The molecular formula is C23H36N2O6. The molecule has 0 spiro atoms. The van der Waals surface area contributed by atoms with Crippen molar-refractivity contribution in [2.24, 2.45) is 5.41 Å². The van der Waals surface area contributed by atoms with E-state index in [-0.39, 0.29) is 25.3 Å². The van der Waals surface area contributed by atoms with Crippen molar-refractivity contribution in [3.63, 3.8) is 0 Å². The number of ether oxygens (including phenoxy) is 3. The van der Waals surface area contributed by atoms with Gasteiger partial charge in [-0.05, 0) is 23.8 Å². The number of carbonyl (C=O) groups excluding carboxylic acids is 1. The van der Waals surface area contributed by atoms with Crippen LogP contribution in [0.5, 0.6) is 0 Å². The number of benzene rings is 1. The van der Waals surface area contributed by atoms with Crippen molar-refractivity contribution in [3.05, 3.63) is 35.9 Å². The number of carbonyl (C=O) groups is 2. The Bertz CT molecular complexity index is 668. The number of hydrogen-bond donors (Lipinski definition) is 2. The minimum absolute atomic E-state index is 0.124. The Morgan fingerprint density at radius 3 is 2.42 bits per heavy atom. The third-order valence-corrected chi connectivity index (χ3v) is 5.20. The number of aliphatic carboxylic acids is 1. The van der Waals surface area contributed by atoms with Crippen LogP contribution in [0.15, 0.2) is 30.3 Å². The van der Waals surface area contributed by atoms with Crippen LogP contribution < -0.4 is 5.32 Å². The van der Waals surface area contributed by atoms with E-state index in [0.717, 1.165) is 38.0 Å². The van der Waals surface area contributed by atoms with Gasteiger partial charge in [-0.1, -0.05) is 51.1 Å². The van der Waals surface area contributed by atoms with Crippen molar-refractivity contribution < 1.29 is 28.9 Å². The topological polar surface area (TPSA) is 97.3 Å². The van der Waals surface area contributed by atoms with Crippen LogP contribution >= 0.6 is 0 Å². The monoisotopic (exact) mass is 436 g/mol. The fourth-order valence-corrected chi connectivity index (χ4v) is 3.44. The number of piperidine rings is 1. The Balaban J connectivity index is 1.52. The fraction of sp³-hybridized carbons (Fsp3) is 0.652. The summed E-state index contributed by atoms with van der Waals surface area (Å²) < 4.78 is 16.3. The largest absolute Gasteiger partial charge is 0.479 e. The molecule has 1 aliphatic rings. The van der Waals surface area contributed by atoms with E-state index in [4.69, 9.17) is 14.2 Å². The normalized spacial score (nSPS) is 16.6. The predicted octanol–water partition coefficient (Wildman–Crippen LogP) is 2.91. The van der Waals surface area contributed by atoms with Gasteiger partial charge in [-0.15, -0.1) is 0 Å². The molecule has 1 heterocycles. The first-order valence-electron chi connectivity index (χ1n) is 10.9. The first-order valence-corrected chi connectivity index (χ1v) is 10.9. The Morgan fingerprint density at radius 2 is 1.81 bits per heavy atom. The Labute approximate surface area is 184 Å². The SMILES string of the molecule is CC(C)(C)C(OCCOCCN1CCC(NC(=O)OCc2ccccc2)CC1)C(=O)O. The third kappa shape index (κ3) is 9.67. The van der Waals surface area contributed by atoms with E-state index < -0.39 is 17.5 Å². The van der Waals surface area contributed by atoms with E-state index in [1.54, 1.807) is 0 Å². The molecule has 1 unspecified atom stereocenters. The van der Waals surface area contributed by atoms with Gasteiger partial charge in [-0.2, -0.15) is 0 Å². The number of carboxylic acids is 1.